The first kappa shape index (κ1) is 29.1. The van der Waals surface area contributed by atoms with Gasteiger partial charge in [-0.05, 0) is 55.1 Å². The molecule has 0 radical (unpaired) electrons. The van der Waals surface area contributed by atoms with Crippen LogP contribution in [0.1, 0.15) is 29.9 Å². The van der Waals surface area contributed by atoms with Gasteiger partial charge in [-0.2, -0.15) is 0 Å². The monoisotopic (exact) mass is 623 g/mol. The number of carbonyl (C=O) groups excluding carboxylic acids is 1. The summed E-state index contributed by atoms with van der Waals surface area (Å²) >= 11 is 2.80. The normalized spacial score (nSPS) is 14.7. The molecule has 0 amide bonds. The van der Waals surface area contributed by atoms with Crippen LogP contribution in [0.15, 0.2) is 116 Å². The summed E-state index contributed by atoms with van der Waals surface area (Å²) in [5.74, 6) is 0.390. The molecule has 0 bridgehead atoms. The van der Waals surface area contributed by atoms with E-state index < -0.39 is 16.9 Å². The third-order valence-electron chi connectivity index (χ3n) is 7.07. The van der Waals surface area contributed by atoms with Crippen LogP contribution in [-0.4, -0.2) is 28.3 Å². The van der Waals surface area contributed by atoms with E-state index >= 15 is 0 Å². The predicted octanol–water partition coefficient (Wildman–Crippen LogP) is 5.83. The number of nitro benzene ring substituents is 1. The second kappa shape index (κ2) is 12.3. The second-order valence-corrected chi connectivity index (χ2v) is 11.6. The lowest BCUT2D eigenvalue weighted by Gasteiger charge is -2.26. The molecule has 1 aliphatic rings. The number of esters is 1. The Morgan fingerprint density at radius 3 is 2.43 bits per heavy atom. The summed E-state index contributed by atoms with van der Waals surface area (Å²) in [7, 11) is 0. The van der Waals surface area contributed by atoms with Crippen LogP contribution >= 0.6 is 23.1 Å². The lowest BCUT2D eigenvalue weighted by molar-refractivity contribution is -0.384. The van der Waals surface area contributed by atoms with E-state index in [0.717, 1.165) is 16.0 Å². The van der Waals surface area contributed by atoms with Crippen LogP contribution in [0.3, 0.4) is 0 Å². The van der Waals surface area contributed by atoms with Crippen molar-refractivity contribution in [3.63, 3.8) is 0 Å². The molecule has 0 fully saturated rings. The number of nitrogens with zero attached hydrogens (tertiary/aromatic N) is 3. The molecule has 0 saturated heterocycles. The van der Waals surface area contributed by atoms with E-state index in [1.807, 2.05) is 60.9 Å². The number of thiazole rings is 1. The number of ether oxygens (including phenoxy) is 1. The largest absolute Gasteiger partial charge is 0.463 e. The molecule has 1 aliphatic heterocycles. The fourth-order valence-corrected chi connectivity index (χ4v) is 6.39. The number of thioether (sulfide) groups is 1. The average Bonchev–Trinajstić information content (AvgIpc) is 3.65. The molecule has 11 heteroatoms. The first-order valence-corrected chi connectivity index (χ1v) is 15.7. The highest BCUT2D eigenvalue weighted by Crippen LogP contribution is 2.35. The molecule has 2 aromatic heterocycles. The molecule has 3 heterocycles. The molecule has 220 valence electrons. The molecule has 1 atom stereocenters. The number of non-ortho nitro benzene ring substituents is 1. The van der Waals surface area contributed by atoms with Gasteiger partial charge in [0.15, 0.2) is 4.80 Å². The maximum Gasteiger partial charge on any atom is 0.338 e. The summed E-state index contributed by atoms with van der Waals surface area (Å²) in [5, 5.41) is 11.0. The van der Waals surface area contributed by atoms with Crippen molar-refractivity contribution >= 4 is 46.5 Å². The maximum absolute atomic E-state index is 14.1. The Balaban J connectivity index is 1.52. The Bertz CT molecular complexity index is 2080. The highest BCUT2D eigenvalue weighted by molar-refractivity contribution is 7.98. The van der Waals surface area contributed by atoms with E-state index in [1.54, 1.807) is 53.6 Å². The van der Waals surface area contributed by atoms with E-state index in [9.17, 15) is 19.7 Å². The van der Waals surface area contributed by atoms with Gasteiger partial charge in [0.05, 0.1) is 33.4 Å². The van der Waals surface area contributed by atoms with Crippen molar-refractivity contribution in [2.75, 3.05) is 12.9 Å². The van der Waals surface area contributed by atoms with Crippen LogP contribution < -0.4 is 14.9 Å². The first-order valence-electron chi connectivity index (χ1n) is 13.6. The van der Waals surface area contributed by atoms with Crippen molar-refractivity contribution in [3.05, 3.63) is 143 Å². The zero-order valence-corrected chi connectivity index (χ0v) is 25.3. The minimum Gasteiger partial charge on any atom is -0.463 e. The van der Waals surface area contributed by atoms with Gasteiger partial charge in [-0.25, -0.2) is 9.79 Å². The number of carbonyl (C=O) groups is 1. The number of hydrogen-bond donors (Lipinski definition) is 0. The molecule has 3 aromatic carbocycles. The molecule has 0 saturated carbocycles. The Hall–Kier alpha value is -5.00. The Morgan fingerprint density at radius 1 is 1.05 bits per heavy atom. The van der Waals surface area contributed by atoms with Gasteiger partial charge in [-0.15, -0.1) is 11.8 Å². The van der Waals surface area contributed by atoms with Gasteiger partial charge in [-0.3, -0.25) is 19.5 Å². The topological polar surface area (TPSA) is 117 Å². The minimum atomic E-state index is -0.772. The van der Waals surface area contributed by atoms with Crippen molar-refractivity contribution < 1.29 is 18.9 Å². The lowest BCUT2D eigenvalue weighted by Crippen LogP contribution is -2.40. The summed E-state index contributed by atoms with van der Waals surface area (Å²) in [5.41, 5.74) is 2.54. The van der Waals surface area contributed by atoms with E-state index in [1.165, 1.54) is 23.5 Å². The van der Waals surface area contributed by atoms with Crippen molar-refractivity contribution in [2.24, 2.45) is 4.99 Å². The summed E-state index contributed by atoms with van der Waals surface area (Å²) in [4.78, 5) is 44.6. The fourth-order valence-electron chi connectivity index (χ4n) is 5.00. The predicted molar refractivity (Wildman–Crippen MR) is 170 cm³/mol. The number of rotatable bonds is 8. The van der Waals surface area contributed by atoms with Crippen LogP contribution in [0, 0.1) is 10.1 Å². The Kier molecular flexibility index (Phi) is 8.14. The molecular weight excluding hydrogens is 599 g/mol. The van der Waals surface area contributed by atoms with Gasteiger partial charge in [0.25, 0.3) is 11.2 Å². The molecule has 0 N–H and O–H groups in total. The Morgan fingerprint density at radius 2 is 1.77 bits per heavy atom. The fraction of sp³-hybridized carbons (Fsp3) is 0.121. The SMILES string of the molecule is CCOC(=O)C1=C(c2ccccc2)N=c2s/c(=C\c3ccc(-c4ccc([N+](=O)[O-])cc4)o3)c(=O)n2[C@H]1c1ccc(SC)cc1. The van der Waals surface area contributed by atoms with Gasteiger partial charge < -0.3 is 9.15 Å². The third-order valence-corrected chi connectivity index (χ3v) is 8.79. The average molecular weight is 624 g/mol. The van der Waals surface area contributed by atoms with Crippen molar-refractivity contribution in [2.45, 2.75) is 17.9 Å². The van der Waals surface area contributed by atoms with Crippen molar-refractivity contribution in [1.29, 1.82) is 0 Å². The molecule has 0 aliphatic carbocycles. The van der Waals surface area contributed by atoms with Gasteiger partial charge in [-0.1, -0.05) is 53.8 Å². The molecule has 9 nitrogen and oxygen atoms in total. The smallest absolute Gasteiger partial charge is 0.338 e. The molecule has 0 unspecified atom stereocenters. The molecular formula is C33H25N3O6S2. The third kappa shape index (κ3) is 5.54. The highest BCUT2D eigenvalue weighted by Gasteiger charge is 2.35. The first-order chi connectivity index (χ1) is 21.4. The number of fused-ring (bicyclic) bond motifs is 1. The van der Waals surface area contributed by atoms with Gasteiger partial charge >= 0.3 is 5.97 Å². The van der Waals surface area contributed by atoms with Gasteiger partial charge in [0.2, 0.25) is 0 Å². The van der Waals surface area contributed by atoms with E-state index in [-0.39, 0.29) is 23.4 Å². The summed E-state index contributed by atoms with van der Waals surface area (Å²) < 4.78 is 13.4. The van der Waals surface area contributed by atoms with Gasteiger partial charge in [0.1, 0.15) is 11.5 Å². The molecule has 44 heavy (non-hydrogen) atoms. The Labute approximate surface area is 259 Å². The highest BCUT2D eigenvalue weighted by atomic mass is 32.2. The molecule has 0 spiro atoms. The maximum atomic E-state index is 14.1. The number of hydrogen-bond acceptors (Lipinski definition) is 9. The van der Waals surface area contributed by atoms with E-state index in [0.29, 0.717) is 32.1 Å². The molecule has 5 aromatic rings. The van der Waals surface area contributed by atoms with Crippen LogP contribution in [0.2, 0.25) is 0 Å². The summed E-state index contributed by atoms with van der Waals surface area (Å²) in [6.07, 6.45) is 3.63. The van der Waals surface area contributed by atoms with Gasteiger partial charge in [0, 0.05) is 34.2 Å². The van der Waals surface area contributed by atoms with Crippen molar-refractivity contribution in [1.82, 2.24) is 4.57 Å². The second-order valence-electron chi connectivity index (χ2n) is 9.71. The summed E-state index contributed by atoms with van der Waals surface area (Å²) in [6.45, 7) is 1.91. The van der Waals surface area contributed by atoms with Crippen LogP contribution in [0.4, 0.5) is 5.69 Å². The molecule has 6 rings (SSSR count). The zero-order valence-electron chi connectivity index (χ0n) is 23.6. The number of aromatic nitrogens is 1. The minimum absolute atomic E-state index is 0.0173. The lowest BCUT2D eigenvalue weighted by atomic mass is 9.93. The van der Waals surface area contributed by atoms with Crippen molar-refractivity contribution in [3.8, 4) is 11.3 Å². The van der Waals surface area contributed by atoms with Crippen LogP contribution in [0.25, 0.3) is 23.1 Å². The standard InChI is InChI=1S/C33H25N3O6S2/c1-3-41-32(38)28-29(21-7-5-4-6-8-21)34-33-35(30(28)22-11-16-25(43-2)17-12-22)31(37)27(44-33)19-24-15-18-26(42-24)20-9-13-23(14-10-20)36(39)40/h4-19,30H,3H2,1-2H3/b27-19-/t30-/m0/s1. The van der Waals surface area contributed by atoms with Crippen LogP contribution in [0.5, 0.6) is 0 Å². The summed E-state index contributed by atoms with van der Waals surface area (Å²) in [6, 6.07) is 25.9. The number of furan rings is 1. The number of nitro groups is 1. The number of benzene rings is 3. The van der Waals surface area contributed by atoms with Crippen LogP contribution in [-0.2, 0) is 9.53 Å². The van der Waals surface area contributed by atoms with E-state index in [4.69, 9.17) is 14.1 Å². The zero-order chi connectivity index (χ0) is 30.8. The quantitative estimate of drug-likeness (QED) is 0.0925. The van der Waals surface area contributed by atoms with E-state index in [2.05, 4.69) is 0 Å².